The molecule has 6 N–H and O–H groups in total. The standard InChI is InChI=1S/C41H59NO7.C28H41F5O4.C18H18N2O4.C8H19N/c1-41(2,3)49-38(44)27-17-15-13-11-9-7-5-4-6-8-10-12-14-16-22-32(43)28-31(39(45)46)29-42-40(47)48-30-37-35-25-20-18-23-33(35)34-24-19-21-26-36(34)37;1-28(2,3)37-21(35)19-17-15-13-11-9-7-5-4-6-8-10-12-14-16-18-20(34)36-27-25(32)23(30)22(29)24(31)26(27)33;19-16(17(21)22)9-20-18(23)24-10-15-13-7-3-1-5-11(13)12-6-2-4-8-14(12)15;1-6-9(7(2)3)8(4)5/h18-21,23-26,31,37H,4-17,22,27-30H2,1-3H3,(H,42,47)(H,45,46);4-19H2,1-3H3;1-8,15-16H,9-10,19H2,(H,20,23)(H,21,22);7-8H,6H2,1-5H3/t31-;;16-;/m0.0./s1. The Morgan fingerprint density at radius 2 is 0.681 bits per heavy atom. The second-order valence-electron chi connectivity index (χ2n) is 33.6. The Bertz CT molecular complexity index is 3770. The number of aliphatic carboxylic acids is 2. The molecule has 7 rings (SSSR count). The predicted molar refractivity (Wildman–Crippen MR) is 456 cm³/mol. The Kier molecular flexibility index (Phi) is 48.2. The highest BCUT2D eigenvalue weighted by molar-refractivity contribution is 5.85. The normalized spacial score (nSPS) is 12.6. The molecule has 0 spiro atoms. The number of nitrogens with two attached hydrogens (primary N) is 1. The molecule has 0 heterocycles. The van der Waals surface area contributed by atoms with Gasteiger partial charge in [-0.25, -0.2) is 22.8 Å². The summed E-state index contributed by atoms with van der Waals surface area (Å²) in [6, 6.07) is 32.4. The second-order valence-corrected chi connectivity index (χ2v) is 33.6. The molecule has 5 aromatic carbocycles. The zero-order valence-corrected chi connectivity index (χ0v) is 72.7. The minimum atomic E-state index is -2.29. The van der Waals surface area contributed by atoms with E-state index in [4.69, 9.17) is 29.8 Å². The summed E-state index contributed by atoms with van der Waals surface area (Å²) in [6.45, 7) is 23.7. The maximum atomic E-state index is 13.5. The lowest BCUT2D eigenvalue weighted by atomic mass is 9.98. The predicted octanol–water partition coefficient (Wildman–Crippen LogP) is 22.7. The molecular formula is C95H137F5N4O15. The van der Waals surface area contributed by atoms with Gasteiger partial charge < -0.3 is 50.3 Å². The number of hydrogen-bond acceptors (Lipinski definition) is 15. The summed E-state index contributed by atoms with van der Waals surface area (Å²) in [5.74, 6) is -17.1. The topological polar surface area (TPSA) is 276 Å². The fourth-order valence-electron chi connectivity index (χ4n) is 14.7. The summed E-state index contributed by atoms with van der Waals surface area (Å²) in [4.78, 5) is 96.8. The monoisotopic (exact) mass is 1670 g/mol. The van der Waals surface area contributed by atoms with Crippen molar-refractivity contribution in [3.63, 3.8) is 0 Å². The van der Waals surface area contributed by atoms with Gasteiger partial charge >= 0.3 is 42.0 Å². The van der Waals surface area contributed by atoms with Crippen LogP contribution in [0.4, 0.5) is 31.5 Å². The molecule has 0 radical (unpaired) electrons. The van der Waals surface area contributed by atoms with Crippen LogP contribution in [0.2, 0.25) is 0 Å². The molecule has 5 aromatic rings. The molecule has 0 fully saturated rings. The first-order valence-corrected chi connectivity index (χ1v) is 43.5. The third-order valence-electron chi connectivity index (χ3n) is 20.8. The Labute approximate surface area is 704 Å². The number of carboxylic acid groups (broad SMARTS) is 2. The molecule has 2 atom stereocenters. The van der Waals surface area contributed by atoms with Crippen LogP contribution in [-0.2, 0) is 47.7 Å². The lowest BCUT2D eigenvalue weighted by molar-refractivity contribution is -0.156. The number of hydrogen-bond donors (Lipinski definition) is 5. The maximum absolute atomic E-state index is 13.5. The lowest BCUT2D eigenvalue weighted by Gasteiger charge is -2.28. The van der Waals surface area contributed by atoms with Gasteiger partial charge in [-0.3, -0.25) is 33.7 Å². The van der Waals surface area contributed by atoms with E-state index in [2.05, 4.69) is 79.2 Å². The Hall–Kier alpha value is -8.77. The van der Waals surface area contributed by atoms with Gasteiger partial charge in [0.05, 0.1) is 5.92 Å². The fraction of sp³-hybridized carbons (Fsp3) is 0.600. The molecule has 0 saturated heterocycles. The molecule has 2 aliphatic carbocycles. The van der Waals surface area contributed by atoms with Crippen molar-refractivity contribution in [2.75, 3.05) is 32.8 Å². The van der Waals surface area contributed by atoms with Crippen molar-refractivity contribution >= 4 is 47.8 Å². The van der Waals surface area contributed by atoms with Crippen molar-refractivity contribution in [1.82, 2.24) is 15.5 Å². The van der Waals surface area contributed by atoms with E-state index in [1.165, 1.54) is 83.5 Å². The van der Waals surface area contributed by atoms with Crippen LogP contribution < -0.4 is 21.1 Å². The van der Waals surface area contributed by atoms with E-state index >= 15 is 0 Å². The Morgan fingerprint density at radius 1 is 0.403 bits per heavy atom. The highest BCUT2D eigenvalue weighted by atomic mass is 19.2. The number of nitrogens with one attached hydrogen (secondary N) is 2. The number of unbranched alkanes of at least 4 members (excludes halogenated alkanes) is 26. The van der Waals surface area contributed by atoms with Crippen molar-refractivity contribution in [2.24, 2.45) is 11.7 Å². The number of halogens is 5. The smallest absolute Gasteiger partial charge is 0.407 e. The van der Waals surface area contributed by atoms with E-state index < -0.39 is 88.1 Å². The maximum Gasteiger partial charge on any atom is 0.407 e. The number of carbonyl (C=O) groups excluding carboxylic acids is 6. The molecule has 0 bridgehead atoms. The van der Waals surface area contributed by atoms with Crippen LogP contribution in [0.15, 0.2) is 97.1 Å². The van der Waals surface area contributed by atoms with E-state index in [9.17, 15) is 65.4 Å². The Balaban J connectivity index is 0.000000372. The van der Waals surface area contributed by atoms with Crippen LogP contribution in [0.1, 0.15) is 322 Å². The number of carbonyl (C=O) groups is 8. The van der Waals surface area contributed by atoms with Crippen molar-refractivity contribution in [2.45, 2.75) is 329 Å². The number of amides is 2. The van der Waals surface area contributed by atoms with Gasteiger partial charge in [0.25, 0.3) is 0 Å². The molecule has 2 amide bonds. The first-order chi connectivity index (χ1) is 56.7. The van der Waals surface area contributed by atoms with Gasteiger partial charge in [-0.2, -0.15) is 8.78 Å². The lowest BCUT2D eigenvalue weighted by Crippen LogP contribution is -2.42. The third kappa shape index (κ3) is 40.0. The molecule has 0 saturated carbocycles. The van der Waals surface area contributed by atoms with E-state index in [0.717, 1.165) is 135 Å². The molecule has 2 aliphatic rings. The quantitative estimate of drug-likeness (QED) is 0.00460. The molecule has 19 nitrogen and oxygen atoms in total. The van der Waals surface area contributed by atoms with E-state index in [1.807, 2.05) is 114 Å². The average molecular weight is 1670 g/mol. The first kappa shape index (κ1) is 103. The summed E-state index contributed by atoms with van der Waals surface area (Å²) < 4.78 is 92.2. The third-order valence-corrected chi connectivity index (χ3v) is 20.8. The molecule has 0 aliphatic heterocycles. The summed E-state index contributed by atoms with van der Waals surface area (Å²) in [5, 5.41) is 23.3. The van der Waals surface area contributed by atoms with Crippen LogP contribution in [0.25, 0.3) is 22.3 Å². The number of benzene rings is 5. The molecule has 0 aromatic heterocycles. The number of rotatable bonds is 50. The van der Waals surface area contributed by atoms with Gasteiger partial charge in [0, 0.05) is 69.1 Å². The first-order valence-electron chi connectivity index (χ1n) is 43.5. The Morgan fingerprint density at radius 3 is 0.958 bits per heavy atom. The van der Waals surface area contributed by atoms with Crippen molar-refractivity contribution < 1.29 is 94.2 Å². The number of alkyl carbamates (subject to hydrolysis) is 2. The molecule has 119 heavy (non-hydrogen) atoms. The number of ketones is 1. The van der Waals surface area contributed by atoms with Crippen molar-refractivity contribution in [1.29, 1.82) is 0 Å². The molecule has 24 heteroatoms. The number of fused-ring (bicyclic) bond motifs is 6. The van der Waals surface area contributed by atoms with Crippen LogP contribution in [-0.4, -0.2) is 125 Å². The summed E-state index contributed by atoms with van der Waals surface area (Å²) in [5.41, 5.74) is 13.5. The van der Waals surface area contributed by atoms with Crippen LogP contribution in [0, 0.1) is 35.0 Å². The van der Waals surface area contributed by atoms with Gasteiger partial charge in [-0.15, -0.1) is 0 Å². The van der Waals surface area contributed by atoms with Gasteiger partial charge in [0.1, 0.15) is 36.2 Å². The van der Waals surface area contributed by atoms with Crippen molar-refractivity contribution in [3.8, 4) is 28.0 Å². The average Bonchev–Trinajstić information content (AvgIpc) is 1.64. The second kappa shape index (κ2) is 55.9. The number of ether oxygens (including phenoxy) is 5. The summed E-state index contributed by atoms with van der Waals surface area (Å²) in [6.07, 6.45) is 29.9. The molecule has 0 unspecified atom stereocenters. The molecular weight excluding hydrogens is 1530 g/mol. The van der Waals surface area contributed by atoms with E-state index in [1.54, 1.807) is 0 Å². The minimum absolute atomic E-state index is 0.0312. The zero-order valence-electron chi connectivity index (χ0n) is 72.7. The number of Topliss-reactive ketones (excluding diaryl/α,β-unsaturated/α-hetero) is 1. The number of nitrogens with zero attached hydrogens (tertiary/aromatic N) is 1. The van der Waals surface area contributed by atoms with Crippen LogP contribution in [0.5, 0.6) is 5.75 Å². The highest BCUT2D eigenvalue weighted by Crippen LogP contribution is 2.46. The van der Waals surface area contributed by atoms with E-state index in [0.29, 0.717) is 44.2 Å². The van der Waals surface area contributed by atoms with Gasteiger partial charge in [-0.1, -0.05) is 258 Å². The van der Waals surface area contributed by atoms with Crippen LogP contribution >= 0.6 is 0 Å². The zero-order chi connectivity index (χ0) is 87.9. The largest absolute Gasteiger partial charge is 0.481 e. The number of esters is 3. The summed E-state index contributed by atoms with van der Waals surface area (Å²) >= 11 is 0. The SMILES string of the molecule is CC(C)(C)OC(=O)CCCCCCCCCCCCCCCCC(=O)C[C@@H](CNC(=O)OCC1c2ccccc2-c2ccccc21)C(=O)O.CC(C)(C)OC(=O)CCCCCCCCCCCCCCCCC(=O)Oc1c(F)c(F)c(F)c(F)c1F.CCN(C(C)C)C(C)C.N[C@@H](CNC(=O)OCC1c2ccccc2-c2ccccc21)C(=O)O. The minimum Gasteiger partial charge on any atom is -0.481 e. The number of carboxylic acids is 2. The fourth-order valence-corrected chi connectivity index (χ4v) is 14.7. The van der Waals surface area contributed by atoms with Gasteiger partial charge in [0.15, 0.2) is 0 Å². The van der Waals surface area contributed by atoms with Gasteiger partial charge in [-0.05, 0) is 146 Å². The van der Waals surface area contributed by atoms with E-state index in [-0.39, 0.29) is 68.7 Å². The highest BCUT2D eigenvalue weighted by Gasteiger charge is 2.33. The van der Waals surface area contributed by atoms with Gasteiger partial charge in [0.2, 0.25) is 34.8 Å². The van der Waals surface area contributed by atoms with Crippen molar-refractivity contribution in [3.05, 3.63) is 148 Å². The van der Waals surface area contributed by atoms with Crippen LogP contribution in [0.3, 0.4) is 0 Å². The molecule has 662 valence electrons. The summed E-state index contributed by atoms with van der Waals surface area (Å²) in [7, 11) is 0.